The van der Waals surface area contributed by atoms with Crippen LogP contribution in [-0.4, -0.2) is 48.0 Å². The van der Waals surface area contributed by atoms with Crippen molar-refractivity contribution in [2.24, 2.45) is 0 Å². The predicted octanol–water partition coefficient (Wildman–Crippen LogP) is 3.71. The molecule has 3 rings (SSSR count). The molecule has 0 radical (unpaired) electrons. The lowest BCUT2D eigenvalue weighted by molar-refractivity contribution is 0.0948. The Morgan fingerprint density at radius 2 is 1.70 bits per heavy atom. The van der Waals surface area contributed by atoms with E-state index >= 15 is 0 Å². The standard InChI is InChI=1S/C20H22ClN5O/c1-26(2)13-5-12-22-20(27)18-19(23-15-10-8-14(21)9-11-15)25-17-7-4-3-6-16(17)24-18/h3-4,6-11H,5,12-13H2,1-2H3,(H,22,27)(H,23,25). The summed E-state index contributed by atoms with van der Waals surface area (Å²) in [6.07, 6.45) is 0.861. The van der Waals surface area contributed by atoms with Gasteiger partial charge in [-0.25, -0.2) is 9.97 Å². The average Bonchev–Trinajstić information content (AvgIpc) is 2.66. The molecule has 1 aromatic heterocycles. The third-order valence-corrected chi connectivity index (χ3v) is 4.21. The molecular weight excluding hydrogens is 362 g/mol. The number of amides is 1. The van der Waals surface area contributed by atoms with Crippen LogP contribution in [0.5, 0.6) is 0 Å². The highest BCUT2D eigenvalue weighted by molar-refractivity contribution is 6.30. The fraction of sp³-hybridized carbons (Fsp3) is 0.250. The normalized spacial score (nSPS) is 11.0. The number of hydrogen-bond donors (Lipinski definition) is 2. The van der Waals surface area contributed by atoms with E-state index in [1.54, 1.807) is 12.1 Å². The van der Waals surface area contributed by atoms with Crippen molar-refractivity contribution in [3.8, 4) is 0 Å². The van der Waals surface area contributed by atoms with Crippen LogP contribution >= 0.6 is 11.6 Å². The number of nitrogens with zero attached hydrogens (tertiary/aromatic N) is 3. The van der Waals surface area contributed by atoms with Gasteiger partial charge in [0.1, 0.15) is 0 Å². The van der Waals surface area contributed by atoms with Crippen LogP contribution in [-0.2, 0) is 0 Å². The van der Waals surface area contributed by atoms with Gasteiger partial charge >= 0.3 is 0 Å². The van der Waals surface area contributed by atoms with Crippen LogP contribution in [0, 0.1) is 0 Å². The molecule has 0 fully saturated rings. The molecule has 3 aromatic rings. The topological polar surface area (TPSA) is 70.2 Å². The SMILES string of the molecule is CN(C)CCCNC(=O)c1nc2ccccc2nc1Nc1ccc(Cl)cc1. The van der Waals surface area contributed by atoms with Crippen molar-refractivity contribution < 1.29 is 4.79 Å². The van der Waals surface area contributed by atoms with Gasteiger partial charge in [-0.1, -0.05) is 23.7 Å². The molecule has 6 nitrogen and oxygen atoms in total. The van der Waals surface area contributed by atoms with Gasteiger partial charge in [0, 0.05) is 17.3 Å². The van der Waals surface area contributed by atoms with Gasteiger partial charge in [0.25, 0.3) is 5.91 Å². The first kappa shape index (κ1) is 19.1. The van der Waals surface area contributed by atoms with Gasteiger partial charge in [-0.3, -0.25) is 4.79 Å². The maximum atomic E-state index is 12.7. The molecule has 0 saturated heterocycles. The Morgan fingerprint density at radius 3 is 2.37 bits per heavy atom. The zero-order valence-electron chi connectivity index (χ0n) is 15.4. The zero-order valence-corrected chi connectivity index (χ0v) is 16.1. The summed E-state index contributed by atoms with van der Waals surface area (Å²) in [5, 5.41) is 6.75. The van der Waals surface area contributed by atoms with Crippen molar-refractivity contribution in [1.29, 1.82) is 0 Å². The molecule has 0 unspecified atom stereocenters. The van der Waals surface area contributed by atoms with E-state index < -0.39 is 0 Å². The van der Waals surface area contributed by atoms with Gasteiger partial charge in [-0.15, -0.1) is 0 Å². The monoisotopic (exact) mass is 383 g/mol. The molecule has 0 atom stereocenters. The number of nitrogens with one attached hydrogen (secondary N) is 2. The maximum Gasteiger partial charge on any atom is 0.273 e. The Labute approximate surface area is 163 Å². The number of benzene rings is 2. The summed E-state index contributed by atoms with van der Waals surface area (Å²) in [6.45, 7) is 1.48. The van der Waals surface area contributed by atoms with E-state index in [1.807, 2.05) is 50.5 Å². The van der Waals surface area contributed by atoms with E-state index in [2.05, 4.69) is 25.5 Å². The Balaban J connectivity index is 1.86. The second-order valence-corrected chi connectivity index (χ2v) is 6.89. The summed E-state index contributed by atoms with van der Waals surface area (Å²) in [4.78, 5) is 23.9. The molecule has 27 heavy (non-hydrogen) atoms. The highest BCUT2D eigenvalue weighted by atomic mass is 35.5. The Hall–Kier alpha value is -2.70. The van der Waals surface area contributed by atoms with Crippen LogP contribution in [0.1, 0.15) is 16.9 Å². The van der Waals surface area contributed by atoms with Crippen LogP contribution in [0.3, 0.4) is 0 Å². The van der Waals surface area contributed by atoms with E-state index in [0.717, 1.165) is 24.2 Å². The van der Waals surface area contributed by atoms with Crippen molar-refractivity contribution in [2.45, 2.75) is 6.42 Å². The second-order valence-electron chi connectivity index (χ2n) is 6.45. The molecule has 0 aliphatic rings. The summed E-state index contributed by atoms with van der Waals surface area (Å²) in [5.74, 6) is 0.171. The van der Waals surface area contributed by atoms with E-state index in [4.69, 9.17) is 11.6 Å². The fourth-order valence-electron chi connectivity index (χ4n) is 2.60. The molecule has 2 N–H and O–H groups in total. The Bertz CT molecular complexity index is 927. The van der Waals surface area contributed by atoms with Crippen molar-refractivity contribution >= 4 is 40.0 Å². The zero-order chi connectivity index (χ0) is 19.2. The quantitative estimate of drug-likeness (QED) is 0.608. The highest BCUT2D eigenvalue weighted by Gasteiger charge is 2.16. The van der Waals surface area contributed by atoms with Crippen LogP contribution in [0.15, 0.2) is 48.5 Å². The van der Waals surface area contributed by atoms with Crippen molar-refractivity contribution in [1.82, 2.24) is 20.2 Å². The van der Waals surface area contributed by atoms with Gasteiger partial charge in [0.2, 0.25) is 0 Å². The smallest absolute Gasteiger partial charge is 0.273 e. The largest absolute Gasteiger partial charge is 0.351 e. The molecule has 1 heterocycles. The van der Waals surface area contributed by atoms with Gasteiger partial charge in [0.05, 0.1) is 11.0 Å². The molecule has 7 heteroatoms. The van der Waals surface area contributed by atoms with Gasteiger partial charge < -0.3 is 15.5 Å². The minimum atomic E-state index is -0.247. The van der Waals surface area contributed by atoms with E-state index in [9.17, 15) is 4.79 Å². The number of aromatic nitrogens is 2. The van der Waals surface area contributed by atoms with Crippen LogP contribution < -0.4 is 10.6 Å². The summed E-state index contributed by atoms with van der Waals surface area (Å²) < 4.78 is 0. The second kappa shape index (κ2) is 8.79. The van der Waals surface area contributed by atoms with E-state index in [0.29, 0.717) is 22.9 Å². The average molecular weight is 384 g/mol. The molecule has 0 aliphatic heterocycles. The molecule has 1 amide bonds. The molecule has 2 aromatic carbocycles. The minimum Gasteiger partial charge on any atom is -0.351 e. The summed E-state index contributed by atoms with van der Waals surface area (Å²) in [5.41, 5.74) is 2.45. The molecular formula is C20H22ClN5O. The van der Waals surface area contributed by atoms with Crippen molar-refractivity contribution in [3.05, 3.63) is 59.2 Å². The lowest BCUT2D eigenvalue weighted by Gasteiger charge is -2.13. The van der Waals surface area contributed by atoms with Gasteiger partial charge in [-0.05, 0) is 63.5 Å². The first-order chi connectivity index (χ1) is 13.0. The molecule has 0 spiro atoms. The minimum absolute atomic E-state index is 0.247. The van der Waals surface area contributed by atoms with Crippen LogP contribution in [0.25, 0.3) is 11.0 Å². The predicted molar refractivity (Wildman–Crippen MR) is 110 cm³/mol. The van der Waals surface area contributed by atoms with E-state index in [-0.39, 0.29) is 11.6 Å². The lowest BCUT2D eigenvalue weighted by Crippen LogP contribution is -2.28. The van der Waals surface area contributed by atoms with Crippen LogP contribution in [0.2, 0.25) is 5.02 Å². The number of rotatable bonds is 7. The number of carbonyl (C=O) groups is 1. The highest BCUT2D eigenvalue weighted by Crippen LogP contribution is 2.22. The molecule has 0 saturated carbocycles. The molecule has 0 aliphatic carbocycles. The summed E-state index contributed by atoms with van der Waals surface area (Å²) in [7, 11) is 4.01. The maximum absolute atomic E-state index is 12.7. The van der Waals surface area contributed by atoms with Crippen LogP contribution in [0.4, 0.5) is 11.5 Å². The number of carbonyl (C=O) groups excluding carboxylic acids is 1. The number of para-hydroxylation sites is 2. The number of hydrogen-bond acceptors (Lipinski definition) is 5. The fourth-order valence-corrected chi connectivity index (χ4v) is 2.72. The Morgan fingerprint density at radius 1 is 1.04 bits per heavy atom. The first-order valence-corrected chi connectivity index (χ1v) is 9.13. The van der Waals surface area contributed by atoms with Gasteiger partial charge in [-0.2, -0.15) is 0 Å². The number of anilines is 2. The Kier molecular flexibility index (Phi) is 6.21. The van der Waals surface area contributed by atoms with E-state index in [1.165, 1.54) is 0 Å². The number of halogens is 1. The number of fused-ring (bicyclic) bond motifs is 1. The molecule has 0 bridgehead atoms. The van der Waals surface area contributed by atoms with Crippen molar-refractivity contribution in [3.63, 3.8) is 0 Å². The summed E-state index contributed by atoms with van der Waals surface area (Å²) in [6, 6.07) is 14.7. The lowest BCUT2D eigenvalue weighted by atomic mass is 10.2. The first-order valence-electron chi connectivity index (χ1n) is 8.75. The third-order valence-electron chi connectivity index (χ3n) is 3.96. The molecule has 140 valence electrons. The third kappa shape index (κ3) is 5.15. The van der Waals surface area contributed by atoms with Gasteiger partial charge in [0.15, 0.2) is 11.5 Å². The van der Waals surface area contributed by atoms with Crippen molar-refractivity contribution in [2.75, 3.05) is 32.5 Å². The summed E-state index contributed by atoms with van der Waals surface area (Å²) >= 11 is 5.94.